The number of imidazole rings is 1. The van der Waals surface area contributed by atoms with E-state index in [2.05, 4.69) is 33.0 Å². The van der Waals surface area contributed by atoms with Gasteiger partial charge in [0.1, 0.15) is 0 Å². The van der Waals surface area contributed by atoms with Gasteiger partial charge in [0.2, 0.25) is 5.95 Å². The molecule has 0 amide bonds. The lowest BCUT2D eigenvalue weighted by Gasteiger charge is -2.28. The fourth-order valence-corrected chi connectivity index (χ4v) is 2.73. The van der Waals surface area contributed by atoms with Crippen molar-refractivity contribution in [3.63, 3.8) is 0 Å². The fraction of sp³-hybridized carbons (Fsp3) is 0.786. The molecule has 19 heavy (non-hydrogen) atoms. The van der Waals surface area contributed by atoms with Gasteiger partial charge in [0.25, 0.3) is 0 Å². The van der Waals surface area contributed by atoms with E-state index in [-0.39, 0.29) is 0 Å². The van der Waals surface area contributed by atoms with Crippen molar-refractivity contribution < 1.29 is 4.74 Å². The van der Waals surface area contributed by atoms with Crippen molar-refractivity contribution in [3.05, 3.63) is 12.4 Å². The van der Waals surface area contributed by atoms with E-state index >= 15 is 0 Å². The van der Waals surface area contributed by atoms with Crippen LogP contribution in [0.4, 0.5) is 5.95 Å². The summed E-state index contributed by atoms with van der Waals surface area (Å²) in [6.45, 7) is 5.18. The van der Waals surface area contributed by atoms with Gasteiger partial charge >= 0.3 is 0 Å². The summed E-state index contributed by atoms with van der Waals surface area (Å²) in [4.78, 5) is 6.79. The van der Waals surface area contributed by atoms with Crippen molar-refractivity contribution >= 4 is 5.95 Å². The lowest BCUT2D eigenvalue weighted by Crippen LogP contribution is -2.35. The Balaban J connectivity index is 1.87. The lowest BCUT2D eigenvalue weighted by molar-refractivity contribution is 0.190. The normalized spacial score (nSPS) is 16.7. The summed E-state index contributed by atoms with van der Waals surface area (Å²) < 4.78 is 7.33. The first-order valence-corrected chi connectivity index (χ1v) is 7.23. The monoisotopic (exact) mass is 266 g/mol. The second-order valence-electron chi connectivity index (χ2n) is 5.34. The Morgan fingerprint density at radius 1 is 1.47 bits per heavy atom. The number of rotatable bonds is 7. The number of hydrogen-bond acceptors (Lipinski definition) is 4. The predicted octanol–water partition coefficient (Wildman–Crippen LogP) is 1.36. The zero-order chi connectivity index (χ0) is 13.5. The number of anilines is 1. The topological polar surface area (TPSA) is 42.3 Å². The third kappa shape index (κ3) is 4.21. The highest BCUT2D eigenvalue weighted by Gasteiger charge is 2.17. The molecule has 5 heteroatoms. The summed E-state index contributed by atoms with van der Waals surface area (Å²) in [5.74, 6) is 1.87. The number of piperidine rings is 1. The molecule has 1 N–H and O–H groups in total. The number of hydrogen-bond donors (Lipinski definition) is 1. The molecule has 5 nitrogen and oxygen atoms in total. The molecule has 0 radical (unpaired) electrons. The first-order chi connectivity index (χ1) is 9.31. The third-order valence-electron chi connectivity index (χ3n) is 3.77. The van der Waals surface area contributed by atoms with Gasteiger partial charge in [-0.1, -0.05) is 0 Å². The van der Waals surface area contributed by atoms with Crippen molar-refractivity contribution in [1.29, 1.82) is 0 Å². The van der Waals surface area contributed by atoms with E-state index in [0.29, 0.717) is 0 Å². The zero-order valence-corrected chi connectivity index (χ0v) is 12.1. The highest BCUT2D eigenvalue weighted by Crippen LogP contribution is 2.17. The van der Waals surface area contributed by atoms with Gasteiger partial charge in [0.15, 0.2) is 0 Å². The molecule has 2 rings (SSSR count). The van der Waals surface area contributed by atoms with E-state index < -0.39 is 0 Å². The minimum atomic E-state index is 0.787. The number of nitrogens with zero attached hydrogens (tertiary/aromatic N) is 3. The summed E-state index contributed by atoms with van der Waals surface area (Å²) in [5.41, 5.74) is 0. The van der Waals surface area contributed by atoms with Crippen LogP contribution in [0.1, 0.15) is 19.3 Å². The maximum Gasteiger partial charge on any atom is 0.205 e. The van der Waals surface area contributed by atoms with E-state index in [4.69, 9.17) is 4.74 Å². The molecule has 0 bridgehead atoms. The Labute approximate surface area is 116 Å². The second kappa shape index (κ2) is 7.50. The molecule has 0 saturated carbocycles. The molecule has 108 valence electrons. The molecule has 0 atom stereocenters. The van der Waals surface area contributed by atoms with Crippen LogP contribution in [0.25, 0.3) is 0 Å². The van der Waals surface area contributed by atoms with Crippen LogP contribution in [-0.4, -0.2) is 49.9 Å². The molecule has 1 aliphatic heterocycles. The molecule has 1 aromatic heterocycles. The van der Waals surface area contributed by atoms with E-state index in [1.165, 1.54) is 12.8 Å². The van der Waals surface area contributed by atoms with Crippen LogP contribution in [0.5, 0.6) is 0 Å². The number of ether oxygens (including phenoxy) is 1. The second-order valence-corrected chi connectivity index (χ2v) is 5.34. The maximum absolute atomic E-state index is 5.11. The van der Waals surface area contributed by atoms with Crippen LogP contribution >= 0.6 is 0 Å². The van der Waals surface area contributed by atoms with Crippen molar-refractivity contribution in [2.75, 3.05) is 45.3 Å². The molecule has 0 spiro atoms. The highest BCUT2D eigenvalue weighted by atomic mass is 16.5. The molecular formula is C14H26N4O. The SMILES string of the molecule is COCCCn1ccnc1N(C)CC1CCNCC1. The predicted molar refractivity (Wildman–Crippen MR) is 77.6 cm³/mol. The molecule has 2 heterocycles. The largest absolute Gasteiger partial charge is 0.385 e. The minimum Gasteiger partial charge on any atom is -0.385 e. The molecule has 0 aromatic carbocycles. The van der Waals surface area contributed by atoms with Crippen molar-refractivity contribution in [2.24, 2.45) is 5.92 Å². The van der Waals surface area contributed by atoms with Gasteiger partial charge in [-0.15, -0.1) is 0 Å². The molecule has 1 aromatic rings. The van der Waals surface area contributed by atoms with E-state index in [1.807, 2.05) is 6.20 Å². The van der Waals surface area contributed by atoms with Crippen molar-refractivity contribution in [3.8, 4) is 0 Å². The first-order valence-electron chi connectivity index (χ1n) is 7.23. The van der Waals surface area contributed by atoms with E-state index in [9.17, 15) is 0 Å². The Morgan fingerprint density at radius 2 is 2.26 bits per heavy atom. The van der Waals surface area contributed by atoms with E-state index in [0.717, 1.165) is 51.1 Å². The molecule has 0 unspecified atom stereocenters. The fourth-order valence-electron chi connectivity index (χ4n) is 2.73. The van der Waals surface area contributed by atoms with Gasteiger partial charge in [-0.25, -0.2) is 4.98 Å². The summed E-state index contributed by atoms with van der Waals surface area (Å²) in [7, 11) is 3.90. The Kier molecular flexibility index (Phi) is 5.66. The number of aromatic nitrogens is 2. The number of methoxy groups -OCH3 is 1. The summed E-state index contributed by atoms with van der Waals surface area (Å²) in [6, 6.07) is 0. The number of aryl methyl sites for hydroxylation is 1. The third-order valence-corrected chi connectivity index (χ3v) is 3.77. The van der Waals surface area contributed by atoms with Crippen molar-refractivity contribution in [2.45, 2.75) is 25.8 Å². The lowest BCUT2D eigenvalue weighted by atomic mass is 9.98. The average molecular weight is 266 g/mol. The summed E-state index contributed by atoms with van der Waals surface area (Å²) in [6.07, 6.45) is 7.52. The number of nitrogens with one attached hydrogen (secondary N) is 1. The molecule has 1 aliphatic rings. The van der Waals surface area contributed by atoms with Crippen LogP contribution in [0.3, 0.4) is 0 Å². The first kappa shape index (κ1) is 14.3. The van der Waals surface area contributed by atoms with Crippen LogP contribution < -0.4 is 10.2 Å². The van der Waals surface area contributed by atoms with Gasteiger partial charge in [0, 0.05) is 46.2 Å². The van der Waals surface area contributed by atoms with Gasteiger partial charge in [-0.05, 0) is 38.3 Å². The molecular weight excluding hydrogens is 240 g/mol. The van der Waals surface area contributed by atoms with Gasteiger partial charge in [0.05, 0.1) is 0 Å². The highest BCUT2D eigenvalue weighted by molar-refractivity contribution is 5.29. The minimum absolute atomic E-state index is 0.787. The van der Waals surface area contributed by atoms with E-state index in [1.54, 1.807) is 7.11 Å². The Hall–Kier alpha value is -1.07. The van der Waals surface area contributed by atoms with Crippen molar-refractivity contribution in [1.82, 2.24) is 14.9 Å². The van der Waals surface area contributed by atoms with Crippen LogP contribution in [0.2, 0.25) is 0 Å². The maximum atomic E-state index is 5.11. The summed E-state index contributed by atoms with van der Waals surface area (Å²) in [5, 5.41) is 3.42. The van der Waals surface area contributed by atoms with Crippen LogP contribution in [0.15, 0.2) is 12.4 Å². The van der Waals surface area contributed by atoms with Crippen LogP contribution in [0, 0.1) is 5.92 Å². The Bertz CT molecular complexity index is 360. The quantitative estimate of drug-likeness (QED) is 0.757. The van der Waals surface area contributed by atoms with Gasteiger partial charge in [-0.3, -0.25) is 0 Å². The smallest absolute Gasteiger partial charge is 0.205 e. The standard InChI is InChI=1S/C14H26N4O/c1-17(12-13-4-6-15-7-5-13)14-16-8-10-18(14)9-3-11-19-2/h8,10,13,15H,3-7,9,11-12H2,1-2H3. The molecule has 1 fully saturated rings. The van der Waals surface area contributed by atoms with Crippen LogP contribution in [-0.2, 0) is 11.3 Å². The summed E-state index contributed by atoms with van der Waals surface area (Å²) >= 11 is 0. The Morgan fingerprint density at radius 3 is 3.00 bits per heavy atom. The molecule has 1 saturated heterocycles. The zero-order valence-electron chi connectivity index (χ0n) is 12.1. The average Bonchev–Trinajstić information content (AvgIpc) is 2.89. The molecule has 0 aliphatic carbocycles. The van der Waals surface area contributed by atoms with Gasteiger partial charge in [-0.2, -0.15) is 0 Å². The van der Waals surface area contributed by atoms with Gasteiger partial charge < -0.3 is 19.5 Å².